The average molecular weight is 354 g/mol. The summed E-state index contributed by atoms with van der Waals surface area (Å²) >= 11 is 0. The van der Waals surface area contributed by atoms with E-state index in [1.165, 1.54) is 5.56 Å². The zero-order valence-electron chi connectivity index (χ0n) is 15.2. The van der Waals surface area contributed by atoms with Crippen molar-refractivity contribution in [2.24, 2.45) is 22.8 Å². The lowest BCUT2D eigenvalue weighted by atomic mass is 9.62. The van der Waals surface area contributed by atoms with E-state index in [2.05, 4.69) is 16.9 Å². The van der Waals surface area contributed by atoms with Crippen LogP contribution >= 0.6 is 0 Å². The molecule has 138 valence electrons. The van der Waals surface area contributed by atoms with Crippen molar-refractivity contribution in [2.45, 2.75) is 32.1 Å². The molecule has 1 saturated heterocycles. The number of hydrogen-bond acceptors (Lipinski definition) is 3. The van der Waals surface area contributed by atoms with Crippen molar-refractivity contribution in [3.8, 4) is 0 Å². The van der Waals surface area contributed by atoms with E-state index in [0.29, 0.717) is 17.9 Å². The summed E-state index contributed by atoms with van der Waals surface area (Å²) in [6.45, 7) is 2.01. The molecule has 1 aromatic carbocycles. The Morgan fingerprint density at radius 3 is 2.62 bits per heavy atom. The highest BCUT2D eigenvalue weighted by Gasteiger charge is 2.47. The van der Waals surface area contributed by atoms with Crippen LogP contribution in [0.3, 0.4) is 0 Å². The maximum atomic E-state index is 12.6. The van der Waals surface area contributed by atoms with E-state index in [1.807, 2.05) is 12.1 Å². The minimum absolute atomic E-state index is 0.188. The number of nitrogens with two attached hydrogens (primary N) is 2. The number of para-hydroxylation sites is 1. The molecule has 1 atom stereocenters. The lowest BCUT2D eigenvalue weighted by molar-refractivity contribution is -0.133. The molecule has 0 saturated carbocycles. The number of carbonyl (C=O) groups is 2. The number of hydrogen-bond donors (Lipinski definition) is 3. The zero-order chi connectivity index (χ0) is 18.5. The minimum atomic E-state index is -0.498. The molecular weight excluding hydrogens is 328 g/mol. The molecule has 2 aliphatic rings. The first kappa shape index (κ1) is 17.1. The summed E-state index contributed by atoms with van der Waals surface area (Å²) in [7, 11) is 2.12. The summed E-state index contributed by atoms with van der Waals surface area (Å²) in [6.07, 6.45) is 4.20. The highest BCUT2D eigenvalue weighted by molar-refractivity contribution is 6.06. The Kier molecular flexibility index (Phi) is 4.03. The summed E-state index contributed by atoms with van der Waals surface area (Å²) < 4.78 is 0. The number of benzene rings is 1. The number of primary amides is 2. The number of rotatable bonds is 3. The summed E-state index contributed by atoms with van der Waals surface area (Å²) in [5, 5.41) is 1.04. The van der Waals surface area contributed by atoms with Crippen molar-refractivity contribution in [2.75, 3.05) is 20.1 Å². The van der Waals surface area contributed by atoms with Crippen LogP contribution in [0, 0.1) is 11.3 Å². The topological polar surface area (TPSA) is 105 Å². The van der Waals surface area contributed by atoms with Crippen molar-refractivity contribution in [1.82, 2.24) is 9.88 Å². The van der Waals surface area contributed by atoms with Gasteiger partial charge in [-0.15, -0.1) is 0 Å². The quantitative estimate of drug-likeness (QED) is 0.779. The molecular formula is C20H26N4O2. The zero-order valence-corrected chi connectivity index (χ0v) is 15.2. The van der Waals surface area contributed by atoms with Crippen LogP contribution in [0.2, 0.25) is 0 Å². The van der Waals surface area contributed by atoms with Gasteiger partial charge < -0.3 is 21.4 Å². The molecule has 5 N–H and O–H groups in total. The van der Waals surface area contributed by atoms with Crippen molar-refractivity contribution in [1.29, 1.82) is 0 Å². The van der Waals surface area contributed by atoms with Crippen LogP contribution in [-0.4, -0.2) is 41.8 Å². The number of nitrogens with one attached hydrogen (secondary N) is 1. The number of amides is 2. The van der Waals surface area contributed by atoms with E-state index >= 15 is 0 Å². The molecule has 2 amide bonds. The monoisotopic (exact) mass is 354 g/mol. The second-order valence-corrected chi connectivity index (χ2v) is 7.95. The second-order valence-electron chi connectivity index (χ2n) is 7.95. The van der Waals surface area contributed by atoms with Crippen molar-refractivity contribution in [3.05, 3.63) is 35.0 Å². The summed E-state index contributed by atoms with van der Waals surface area (Å²) in [5.41, 5.74) is 14.5. The van der Waals surface area contributed by atoms with E-state index in [9.17, 15) is 9.59 Å². The first-order valence-corrected chi connectivity index (χ1v) is 9.33. The maximum absolute atomic E-state index is 12.6. The molecule has 2 heterocycles. The molecule has 0 spiro atoms. The molecule has 0 bridgehead atoms. The Bertz CT molecular complexity index is 879. The number of fused-ring (bicyclic) bond motifs is 3. The van der Waals surface area contributed by atoms with Gasteiger partial charge in [-0.3, -0.25) is 9.59 Å². The van der Waals surface area contributed by atoms with Gasteiger partial charge in [-0.05, 0) is 63.4 Å². The Balaban J connectivity index is 1.76. The Hall–Kier alpha value is -2.34. The van der Waals surface area contributed by atoms with E-state index in [4.69, 9.17) is 11.5 Å². The van der Waals surface area contributed by atoms with Crippen LogP contribution < -0.4 is 11.5 Å². The third-order valence-corrected chi connectivity index (χ3v) is 6.60. The number of likely N-dealkylation sites (tertiary alicyclic amines) is 1. The number of aromatic nitrogens is 1. The third kappa shape index (κ3) is 2.51. The van der Waals surface area contributed by atoms with Gasteiger partial charge in [0.25, 0.3) is 5.91 Å². The first-order valence-electron chi connectivity index (χ1n) is 9.33. The van der Waals surface area contributed by atoms with Gasteiger partial charge in [0.2, 0.25) is 5.91 Å². The number of aromatic amines is 1. The van der Waals surface area contributed by atoms with Crippen molar-refractivity contribution < 1.29 is 9.59 Å². The molecule has 1 fully saturated rings. The van der Waals surface area contributed by atoms with Crippen LogP contribution in [0.5, 0.6) is 0 Å². The molecule has 0 radical (unpaired) electrons. The fraction of sp³-hybridized carbons (Fsp3) is 0.500. The van der Waals surface area contributed by atoms with Crippen LogP contribution in [0.4, 0.5) is 0 Å². The summed E-state index contributed by atoms with van der Waals surface area (Å²) in [6, 6.07) is 5.62. The highest BCUT2D eigenvalue weighted by Crippen LogP contribution is 2.46. The predicted octanol–water partition coefficient (Wildman–Crippen LogP) is 1.57. The van der Waals surface area contributed by atoms with Gasteiger partial charge in [-0.1, -0.05) is 12.1 Å². The number of aryl methyl sites for hydroxylation is 1. The van der Waals surface area contributed by atoms with Gasteiger partial charge in [0, 0.05) is 17.5 Å². The first-order chi connectivity index (χ1) is 12.4. The standard InChI is InChI=1S/C20H26N4O2/c1-24-9-6-12(7-10-24)20(19(22)26)8-5-13-14-3-2-4-15(18(21)25)17(14)23-16(13)11-20/h2-4,12,23H,5-11H2,1H3,(H2,21,25)(H2,22,26). The van der Waals surface area contributed by atoms with Crippen LogP contribution in [0.25, 0.3) is 10.9 Å². The number of piperidine rings is 1. The molecule has 6 nitrogen and oxygen atoms in total. The molecule has 1 aliphatic carbocycles. The lowest BCUT2D eigenvalue weighted by Gasteiger charge is -2.44. The molecule has 26 heavy (non-hydrogen) atoms. The van der Waals surface area contributed by atoms with Gasteiger partial charge in [0.15, 0.2) is 0 Å². The Morgan fingerprint density at radius 1 is 1.23 bits per heavy atom. The smallest absolute Gasteiger partial charge is 0.250 e. The van der Waals surface area contributed by atoms with E-state index in [0.717, 1.165) is 55.4 Å². The molecule has 1 unspecified atom stereocenters. The van der Waals surface area contributed by atoms with E-state index in [1.54, 1.807) is 6.07 Å². The lowest BCUT2D eigenvalue weighted by Crippen LogP contribution is -2.50. The molecule has 1 aliphatic heterocycles. The van der Waals surface area contributed by atoms with Gasteiger partial charge in [0.05, 0.1) is 16.5 Å². The summed E-state index contributed by atoms with van der Waals surface area (Å²) in [4.78, 5) is 30.1. The second kappa shape index (κ2) is 6.13. The van der Waals surface area contributed by atoms with Gasteiger partial charge in [-0.25, -0.2) is 0 Å². The van der Waals surface area contributed by atoms with Gasteiger partial charge >= 0.3 is 0 Å². The largest absolute Gasteiger partial charge is 0.369 e. The van der Waals surface area contributed by atoms with Crippen LogP contribution in [0.15, 0.2) is 18.2 Å². The van der Waals surface area contributed by atoms with Crippen LogP contribution in [0.1, 0.15) is 40.9 Å². The average Bonchev–Trinajstić information content (AvgIpc) is 2.99. The molecule has 1 aromatic heterocycles. The van der Waals surface area contributed by atoms with E-state index in [-0.39, 0.29) is 5.91 Å². The molecule has 4 rings (SSSR count). The summed E-state index contributed by atoms with van der Waals surface area (Å²) in [5.74, 6) is -0.316. The molecule has 6 heteroatoms. The third-order valence-electron chi connectivity index (χ3n) is 6.60. The fourth-order valence-electron chi connectivity index (χ4n) is 5.04. The van der Waals surface area contributed by atoms with Gasteiger partial charge in [0.1, 0.15) is 0 Å². The van der Waals surface area contributed by atoms with Crippen LogP contribution in [-0.2, 0) is 17.6 Å². The Labute approximate surface area is 152 Å². The predicted molar refractivity (Wildman–Crippen MR) is 101 cm³/mol. The van der Waals surface area contributed by atoms with E-state index < -0.39 is 11.3 Å². The van der Waals surface area contributed by atoms with Crippen molar-refractivity contribution in [3.63, 3.8) is 0 Å². The Morgan fingerprint density at radius 2 is 1.96 bits per heavy atom. The SMILES string of the molecule is CN1CCC(C2(C(N)=O)CCc3c([nH]c4c(C(N)=O)cccc34)C2)CC1. The van der Waals surface area contributed by atoms with Crippen molar-refractivity contribution >= 4 is 22.7 Å². The number of carbonyl (C=O) groups excluding carboxylic acids is 2. The number of nitrogens with zero attached hydrogens (tertiary/aromatic N) is 1. The highest BCUT2D eigenvalue weighted by atomic mass is 16.1. The maximum Gasteiger partial charge on any atom is 0.250 e. The van der Waals surface area contributed by atoms with Gasteiger partial charge in [-0.2, -0.15) is 0 Å². The number of H-pyrrole nitrogens is 1. The minimum Gasteiger partial charge on any atom is -0.369 e. The fourth-order valence-corrected chi connectivity index (χ4v) is 5.04. The molecule has 2 aromatic rings. The normalized spacial score (nSPS) is 24.5.